The number of hydrogen-bond acceptors (Lipinski definition) is 6. The maximum absolute atomic E-state index is 10.5. The summed E-state index contributed by atoms with van der Waals surface area (Å²) in [5.41, 5.74) is 0. The van der Waals surface area contributed by atoms with Gasteiger partial charge in [0, 0.05) is 0 Å². The standard InChI is InChI=1S/C6H8N2O2S3/c1-3(4(9)10)12-6-7-5(11-2)8-13-6/h3H,1-2H3,(H,9,10)/t3-/m1/s1. The summed E-state index contributed by atoms with van der Waals surface area (Å²) in [6.07, 6.45) is 1.89. The number of rotatable bonds is 4. The highest BCUT2D eigenvalue weighted by atomic mass is 32.2. The molecule has 13 heavy (non-hydrogen) atoms. The summed E-state index contributed by atoms with van der Waals surface area (Å²) in [7, 11) is 0. The molecule has 0 aromatic carbocycles. The first kappa shape index (κ1) is 10.8. The third-order valence-corrected chi connectivity index (χ3v) is 3.73. The molecule has 0 fully saturated rings. The Balaban J connectivity index is 2.58. The number of aromatic nitrogens is 2. The number of carboxylic acid groups (broad SMARTS) is 1. The van der Waals surface area contributed by atoms with Gasteiger partial charge in [0.05, 0.1) is 0 Å². The minimum absolute atomic E-state index is 0.470. The van der Waals surface area contributed by atoms with Gasteiger partial charge in [-0.2, -0.15) is 4.37 Å². The Morgan fingerprint density at radius 1 is 1.69 bits per heavy atom. The predicted molar refractivity (Wildman–Crippen MR) is 54.6 cm³/mol. The zero-order valence-electron chi connectivity index (χ0n) is 7.05. The Bertz CT molecular complexity index is 302. The first-order valence-electron chi connectivity index (χ1n) is 3.40. The highest BCUT2D eigenvalue weighted by molar-refractivity contribution is 8.02. The van der Waals surface area contributed by atoms with Crippen molar-refractivity contribution in [3.63, 3.8) is 0 Å². The van der Waals surface area contributed by atoms with Gasteiger partial charge in [-0.05, 0) is 24.7 Å². The molecule has 0 radical (unpaired) electrons. The van der Waals surface area contributed by atoms with E-state index in [4.69, 9.17) is 5.11 Å². The van der Waals surface area contributed by atoms with Crippen molar-refractivity contribution < 1.29 is 9.90 Å². The second-order valence-electron chi connectivity index (χ2n) is 2.15. The number of thioether (sulfide) groups is 2. The van der Waals surface area contributed by atoms with Crippen molar-refractivity contribution in [2.45, 2.75) is 21.7 Å². The van der Waals surface area contributed by atoms with Gasteiger partial charge in [0.25, 0.3) is 0 Å². The van der Waals surface area contributed by atoms with Gasteiger partial charge < -0.3 is 5.11 Å². The first-order chi connectivity index (χ1) is 6.13. The second-order valence-corrected chi connectivity index (χ2v) is 5.26. The summed E-state index contributed by atoms with van der Waals surface area (Å²) in [5.74, 6) is -0.828. The summed E-state index contributed by atoms with van der Waals surface area (Å²) in [6, 6.07) is 0. The quantitative estimate of drug-likeness (QED) is 0.805. The van der Waals surface area contributed by atoms with Gasteiger partial charge >= 0.3 is 5.97 Å². The third kappa shape index (κ3) is 3.17. The van der Waals surface area contributed by atoms with Gasteiger partial charge in [-0.15, -0.1) is 0 Å². The molecule has 1 heterocycles. The fourth-order valence-electron chi connectivity index (χ4n) is 0.529. The molecule has 0 bridgehead atoms. The highest BCUT2D eigenvalue weighted by Gasteiger charge is 2.15. The number of hydrogen-bond donors (Lipinski definition) is 1. The van der Waals surface area contributed by atoms with Gasteiger partial charge in [-0.3, -0.25) is 4.79 Å². The van der Waals surface area contributed by atoms with E-state index in [1.165, 1.54) is 35.1 Å². The van der Waals surface area contributed by atoms with Gasteiger partial charge in [-0.25, -0.2) is 4.98 Å². The maximum atomic E-state index is 10.5. The highest BCUT2D eigenvalue weighted by Crippen LogP contribution is 2.26. The van der Waals surface area contributed by atoms with Crippen LogP contribution in [0.15, 0.2) is 9.50 Å². The lowest BCUT2D eigenvalue weighted by Crippen LogP contribution is -2.10. The van der Waals surface area contributed by atoms with E-state index in [1.54, 1.807) is 6.92 Å². The Kier molecular flexibility index (Phi) is 4.01. The van der Waals surface area contributed by atoms with Gasteiger partial charge in [0.2, 0.25) is 5.16 Å². The molecule has 1 aromatic rings. The van der Waals surface area contributed by atoms with Crippen LogP contribution in [-0.2, 0) is 4.79 Å². The lowest BCUT2D eigenvalue weighted by atomic mass is 10.5. The van der Waals surface area contributed by atoms with Crippen molar-refractivity contribution in [3.8, 4) is 0 Å². The zero-order chi connectivity index (χ0) is 9.84. The largest absolute Gasteiger partial charge is 0.480 e. The van der Waals surface area contributed by atoms with E-state index < -0.39 is 11.2 Å². The molecule has 0 spiro atoms. The molecule has 72 valence electrons. The SMILES string of the molecule is CSc1nsc(S[C@H](C)C(=O)O)n1. The molecule has 0 amide bonds. The zero-order valence-corrected chi connectivity index (χ0v) is 9.50. The van der Waals surface area contributed by atoms with Crippen LogP contribution in [-0.4, -0.2) is 31.9 Å². The Hall–Kier alpha value is -0.270. The summed E-state index contributed by atoms with van der Waals surface area (Å²) in [6.45, 7) is 1.63. The Morgan fingerprint density at radius 3 is 2.85 bits per heavy atom. The van der Waals surface area contributed by atoms with Crippen LogP contribution in [0.4, 0.5) is 0 Å². The molecule has 1 aromatic heterocycles. The topological polar surface area (TPSA) is 63.1 Å². The smallest absolute Gasteiger partial charge is 0.316 e. The fraction of sp³-hybridized carbons (Fsp3) is 0.500. The van der Waals surface area contributed by atoms with Crippen LogP contribution >= 0.6 is 35.1 Å². The third-order valence-electron chi connectivity index (χ3n) is 1.20. The van der Waals surface area contributed by atoms with Crippen molar-refractivity contribution in [2.24, 2.45) is 0 Å². The van der Waals surface area contributed by atoms with Crippen LogP contribution in [0.2, 0.25) is 0 Å². The van der Waals surface area contributed by atoms with Crippen LogP contribution in [0.25, 0.3) is 0 Å². The Labute approximate surface area is 88.3 Å². The fourth-order valence-corrected chi connectivity index (χ4v) is 2.82. The van der Waals surface area contributed by atoms with Crippen LogP contribution in [0.1, 0.15) is 6.92 Å². The molecule has 0 saturated carbocycles. The lowest BCUT2D eigenvalue weighted by molar-refractivity contribution is -0.136. The molecule has 0 aliphatic rings. The number of nitrogens with zero attached hydrogens (tertiary/aromatic N) is 2. The number of carboxylic acids is 1. The second kappa shape index (κ2) is 4.83. The molecule has 7 heteroatoms. The lowest BCUT2D eigenvalue weighted by Gasteiger charge is -1.99. The summed E-state index contributed by atoms with van der Waals surface area (Å²) >= 11 is 3.91. The number of carbonyl (C=O) groups is 1. The van der Waals surface area contributed by atoms with E-state index >= 15 is 0 Å². The summed E-state index contributed by atoms with van der Waals surface area (Å²) in [4.78, 5) is 14.6. The van der Waals surface area contributed by atoms with Gasteiger partial charge in [-0.1, -0.05) is 23.5 Å². The van der Waals surface area contributed by atoms with Crippen LogP contribution in [0, 0.1) is 0 Å². The molecule has 0 unspecified atom stereocenters. The normalized spacial score (nSPS) is 12.8. The van der Waals surface area contributed by atoms with Crippen molar-refractivity contribution in [2.75, 3.05) is 6.26 Å². The molecular weight excluding hydrogens is 228 g/mol. The molecule has 4 nitrogen and oxygen atoms in total. The molecule has 1 atom stereocenters. The van der Waals surface area contributed by atoms with E-state index in [-0.39, 0.29) is 0 Å². The van der Waals surface area contributed by atoms with Crippen LogP contribution in [0.5, 0.6) is 0 Å². The van der Waals surface area contributed by atoms with Crippen molar-refractivity contribution in [3.05, 3.63) is 0 Å². The average molecular weight is 236 g/mol. The van der Waals surface area contributed by atoms with Crippen molar-refractivity contribution >= 4 is 41.0 Å². The van der Waals surface area contributed by atoms with E-state index in [0.717, 1.165) is 0 Å². The monoisotopic (exact) mass is 236 g/mol. The van der Waals surface area contributed by atoms with Gasteiger partial charge in [0.15, 0.2) is 4.34 Å². The molecular formula is C6H8N2O2S3. The first-order valence-corrected chi connectivity index (χ1v) is 6.28. The Morgan fingerprint density at radius 2 is 2.38 bits per heavy atom. The maximum Gasteiger partial charge on any atom is 0.316 e. The van der Waals surface area contributed by atoms with E-state index in [1.807, 2.05) is 6.26 Å². The minimum Gasteiger partial charge on any atom is -0.480 e. The van der Waals surface area contributed by atoms with Crippen molar-refractivity contribution in [1.29, 1.82) is 0 Å². The minimum atomic E-state index is -0.828. The number of aliphatic carboxylic acids is 1. The van der Waals surface area contributed by atoms with Crippen LogP contribution < -0.4 is 0 Å². The average Bonchev–Trinajstić information content (AvgIpc) is 2.52. The molecule has 0 aliphatic carbocycles. The summed E-state index contributed by atoms with van der Waals surface area (Å²) < 4.78 is 4.73. The van der Waals surface area contributed by atoms with Gasteiger partial charge in [0.1, 0.15) is 5.25 Å². The molecule has 1 N–H and O–H groups in total. The predicted octanol–water partition coefficient (Wildman–Crippen LogP) is 1.83. The summed E-state index contributed by atoms with van der Waals surface area (Å²) in [5, 5.41) is 8.87. The van der Waals surface area contributed by atoms with E-state index in [9.17, 15) is 4.79 Å². The molecule has 0 aliphatic heterocycles. The van der Waals surface area contributed by atoms with E-state index in [0.29, 0.717) is 9.50 Å². The molecule has 0 saturated heterocycles. The van der Waals surface area contributed by atoms with Crippen molar-refractivity contribution in [1.82, 2.24) is 9.36 Å². The molecule has 1 rings (SSSR count). The van der Waals surface area contributed by atoms with E-state index in [2.05, 4.69) is 9.36 Å². The van der Waals surface area contributed by atoms with Crippen LogP contribution in [0.3, 0.4) is 0 Å².